The van der Waals surface area contributed by atoms with Crippen LogP contribution in [0, 0.1) is 12.8 Å². The third kappa shape index (κ3) is 6.60. The zero-order chi connectivity index (χ0) is 22.9. The molecular weight excluding hydrogens is 404 g/mol. The van der Waals surface area contributed by atoms with E-state index in [2.05, 4.69) is 25.5 Å². The molecule has 3 rings (SSSR count). The fraction of sp³-hybridized carbons (Fsp3) is 0.458. The summed E-state index contributed by atoms with van der Waals surface area (Å²) in [6.45, 7) is 6.72. The summed E-state index contributed by atoms with van der Waals surface area (Å²) in [6.07, 6.45) is 3.53. The summed E-state index contributed by atoms with van der Waals surface area (Å²) in [6, 6.07) is 12.0. The molecule has 0 aliphatic carbocycles. The number of carbonyl (C=O) groups excluding carboxylic acids is 1. The number of hydrogen-bond donors (Lipinski definition) is 3. The van der Waals surface area contributed by atoms with E-state index in [0.29, 0.717) is 25.6 Å². The molecule has 0 saturated carbocycles. The molecule has 0 spiro atoms. The minimum atomic E-state index is -0.239. The molecule has 1 aromatic heterocycles. The van der Waals surface area contributed by atoms with Gasteiger partial charge in [-0.15, -0.1) is 0 Å². The monoisotopic (exact) mass is 438 g/mol. The molecule has 8 heteroatoms. The van der Waals surface area contributed by atoms with Crippen LogP contribution in [0.3, 0.4) is 0 Å². The summed E-state index contributed by atoms with van der Waals surface area (Å²) in [7, 11) is 1.74. The number of aromatic nitrogens is 1. The third-order valence-corrected chi connectivity index (χ3v) is 5.54. The predicted molar refractivity (Wildman–Crippen MR) is 128 cm³/mol. The van der Waals surface area contributed by atoms with Crippen molar-refractivity contribution in [2.24, 2.45) is 16.6 Å². The van der Waals surface area contributed by atoms with Gasteiger partial charge in [0.15, 0.2) is 5.96 Å². The maximum Gasteiger partial charge on any atom is 0.222 e. The summed E-state index contributed by atoms with van der Waals surface area (Å²) >= 11 is 0. The topological polar surface area (TPSA) is 105 Å². The summed E-state index contributed by atoms with van der Waals surface area (Å²) in [4.78, 5) is 22.7. The Balaban J connectivity index is 1.54. The van der Waals surface area contributed by atoms with Gasteiger partial charge >= 0.3 is 0 Å². The largest absolute Gasteiger partial charge is 0.489 e. The molecule has 2 atom stereocenters. The average molecular weight is 439 g/mol. The number of nitrogens with zero attached hydrogens (tertiary/aromatic N) is 3. The number of pyridine rings is 1. The molecule has 1 amide bonds. The van der Waals surface area contributed by atoms with E-state index in [1.165, 1.54) is 5.56 Å². The van der Waals surface area contributed by atoms with Crippen LogP contribution < -0.4 is 26.0 Å². The first-order chi connectivity index (χ1) is 15.5. The minimum absolute atomic E-state index is 0.0246. The Morgan fingerprint density at radius 1 is 1.34 bits per heavy atom. The lowest BCUT2D eigenvalue weighted by molar-refractivity contribution is -0.122. The molecule has 172 valence electrons. The number of hydrogen-bond acceptors (Lipinski definition) is 5. The Hall–Kier alpha value is -3.29. The standard InChI is InChI=1S/C24H34N6O2/c1-17-7-4-10-21(13-17)32-18(2)14-28-24(26-3)29-15-19-8-5-11-27-23(19)30-12-6-9-20(16-30)22(25)31/h4-5,7-8,10-11,13,18,20H,6,9,12,14-16H2,1-3H3,(H2,25,31)(H2,26,28,29). The van der Waals surface area contributed by atoms with Crippen LogP contribution >= 0.6 is 0 Å². The highest BCUT2D eigenvalue weighted by atomic mass is 16.5. The van der Waals surface area contributed by atoms with Crippen LogP contribution in [0.1, 0.15) is 30.9 Å². The lowest BCUT2D eigenvalue weighted by Crippen LogP contribution is -2.43. The average Bonchev–Trinajstić information content (AvgIpc) is 2.79. The van der Waals surface area contributed by atoms with Gasteiger partial charge in [0, 0.05) is 38.4 Å². The third-order valence-electron chi connectivity index (χ3n) is 5.54. The molecular formula is C24H34N6O2. The molecule has 1 aliphatic heterocycles. The Labute approximate surface area is 190 Å². The normalized spacial score (nSPS) is 17.5. The number of rotatable bonds is 8. The summed E-state index contributed by atoms with van der Waals surface area (Å²) in [5, 5.41) is 6.67. The zero-order valence-electron chi connectivity index (χ0n) is 19.2. The number of aliphatic imine (C=N–C) groups is 1. The fourth-order valence-electron chi connectivity index (χ4n) is 3.86. The van der Waals surface area contributed by atoms with Crippen molar-refractivity contribution >= 4 is 17.7 Å². The van der Waals surface area contributed by atoms with Gasteiger partial charge in [0.25, 0.3) is 0 Å². The van der Waals surface area contributed by atoms with Crippen LogP contribution in [-0.4, -0.2) is 49.6 Å². The second-order valence-corrected chi connectivity index (χ2v) is 8.23. The van der Waals surface area contributed by atoms with E-state index in [1.54, 1.807) is 13.2 Å². The molecule has 1 saturated heterocycles. The summed E-state index contributed by atoms with van der Waals surface area (Å²) < 4.78 is 5.98. The molecule has 0 radical (unpaired) electrons. The highest BCUT2D eigenvalue weighted by Gasteiger charge is 2.26. The first-order valence-electron chi connectivity index (χ1n) is 11.1. The van der Waals surface area contributed by atoms with Crippen molar-refractivity contribution in [2.45, 2.75) is 39.3 Å². The van der Waals surface area contributed by atoms with Gasteiger partial charge in [-0.2, -0.15) is 0 Å². The molecule has 0 bridgehead atoms. The number of carbonyl (C=O) groups is 1. The van der Waals surface area contributed by atoms with Gasteiger partial charge in [0.1, 0.15) is 17.7 Å². The molecule has 32 heavy (non-hydrogen) atoms. The van der Waals surface area contributed by atoms with Crippen molar-refractivity contribution in [1.82, 2.24) is 15.6 Å². The quantitative estimate of drug-likeness (QED) is 0.431. The Morgan fingerprint density at radius 3 is 2.94 bits per heavy atom. The van der Waals surface area contributed by atoms with E-state index in [0.717, 1.165) is 36.5 Å². The van der Waals surface area contributed by atoms with Crippen LogP contribution in [0.5, 0.6) is 5.75 Å². The van der Waals surface area contributed by atoms with E-state index in [4.69, 9.17) is 10.5 Å². The van der Waals surface area contributed by atoms with E-state index in [-0.39, 0.29) is 17.9 Å². The van der Waals surface area contributed by atoms with Gasteiger partial charge in [-0.3, -0.25) is 9.79 Å². The van der Waals surface area contributed by atoms with E-state index >= 15 is 0 Å². The van der Waals surface area contributed by atoms with Gasteiger partial charge in [0.05, 0.1) is 12.5 Å². The molecule has 2 heterocycles. The number of anilines is 1. The predicted octanol–water partition coefficient (Wildman–Crippen LogP) is 2.22. The summed E-state index contributed by atoms with van der Waals surface area (Å²) in [5.74, 6) is 2.07. The van der Waals surface area contributed by atoms with Gasteiger partial charge in [-0.25, -0.2) is 4.98 Å². The Kier molecular flexibility index (Phi) is 8.30. The SMILES string of the molecule is CN=C(NCc1cccnc1N1CCCC(C(N)=O)C1)NCC(C)Oc1cccc(C)c1. The van der Waals surface area contributed by atoms with Gasteiger partial charge < -0.3 is 26.0 Å². The minimum Gasteiger partial charge on any atom is -0.489 e. The maximum atomic E-state index is 11.7. The molecule has 1 aromatic carbocycles. The fourth-order valence-corrected chi connectivity index (χ4v) is 3.86. The van der Waals surface area contributed by atoms with E-state index in [1.807, 2.05) is 50.2 Å². The van der Waals surface area contributed by atoms with Crippen molar-refractivity contribution < 1.29 is 9.53 Å². The van der Waals surface area contributed by atoms with E-state index < -0.39 is 0 Å². The number of ether oxygens (including phenoxy) is 1. The number of amides is 1. The van der Waals surface area contributed by atoms with Crippen LogP contribution in [-0.2, 0) is 11.3 Å². The Morgan fingerprint density at radius 2 is 2.19 bits per heavy atom. The lowest BCUT2D eigenvalue weighted by Gasteiger charge is -2.33. The second kappa shape index (κ2) is 11.4. The number of benzene rings is 1. The molecule has 8 nitrogen and oxygen atoms in total. The van der Waals surface area contributed by atoms with Crippen molar-refractivity contribution in [2.75, 3.05) is 31.6 Å². The first kappa shape index (κ1) is 23.4. The molecule has 1 aliphatic rings. The number of aryl methyl sites for hydroxylation is 1. The zero-order valence-corrected chi connectivity index (χ0v) is 19.2. The van der Waals surface area contributed by atoms with Crippen molar-refractivity contribution in [3.63, 3.8) is 0 Å². The number of guanidine groups is 1. The van der Waals surface area contributed by atoms with Crippen molar-refractivity contribution in [3.8, 4) is 5.75 Å². The van der Waals surface area contributed by atoms with Crippen LogP contribution in [0.25, 0.3) is 0 Å². The van der Waals surface area contributed by atoms with Crippen LogP contribution in [0.15, 0.2) is 47.6 Å². The maximum absolute atomic E-state index is 11.7. The molecule has 2 unspecified atom stereocenters. The smallest absolute Gasteiger partial charge is 0.222 e. The summed E-state index contributed by atoms with van der Waals surface area (Å²) in [5.41, 5.74) is 7.76. The molecule has 1 fully saturated rings. The van der Waals surface area contributed by atoms with Gasteiger partial charge in [0.2, 0.25) is 5.91 Å². The van der Waals surface area contributed by atoms with Crippen LogP contribution in [0.2, 0.25) is 0 Å². The number of piperidine rings is 1. The first-order valence-corrected chi connectivity index (χ1v) is 11.1. The number of nitrogens with two attached hydrogens (primary N) is 1. The highest BCUT2D eigenvalue weighted by Crippen LogP contribution is 2.24. The molecule has 2 aromatic rings. The van der Waals surface area contributed by atoms with Gasteiger partial charge in [-0.1, -0.05) is 18.2 Å². The van der Waals surface area contributed by atoms with Crippen LogP contribution in [0.4, 0.5) is 5.82 Å². The van der Waals surface area contributed by atoms with E-state index in [9.17, 15) is 4.79 Å². The number of nitrogens with one attached hydrogen (secondary N) is 2. The molecule has 4 N–H and O–H groups in total. The Bertz CT molecular complexity index is 932. The second-order valence-electron chi connectivity index (χ2n) is 8.23. The lowest BCUT2D eigenvalue weighted by atomic mass is 9.97. The van der Waals surface area contributed by atoms with Crippen molar-refractivity contribution in [3.05, 3.63) is 53.7 Å². The number of primary amides is 1. The highest BCUT2D eigenvalue weighted by molar-refractivity contribution is 5.80. The van der Waals surface area contributed by atoms with Gasteiger partial charge in [-0.05, 0) is 50.5 Å². The van der Waals surface area contributed by atoms with Crippen molar-refractivity contribution in [1.29, 1.82) is 0 Å².